The van der Waals surface area contributed by atoms with Crippen LogP contribution in [0.2, 0.25) is 5.02 Å². The Labute approximate surface area is 176 Å². The van der Waals surface area contributed by atoms with Gasteiger partial charge in [0, 0.05) is 25.1 Å². The quantitative estimate of drug-likeness (QED) is 0.557. The zero-order valence-electron chi connectivity index (χ0n) is 17.0. The molecule has 0 aliphatic carbocycles. The molecule has 1 aliphatic heterocycles. The predicted molar refractivity (Wildman–Crippen MR) is 115 cm³/mol. The topological polar surface area (TPSA) is 69.0 Å². The van der Waals surface area contributed by atoms with Crippen molar-refractivity contribution in [2.75, 3.05) is 25.2 Å². The number of fused-ring (bicyclic) bond motifs is 1. The van der Waals surface area contributed by atoms with Crippen molar-refractivity contribution in [2.45, 2.75) is 51.6 Å². The fraction of sp³-hybridized carbons (Fsp3) is 0.524. The zero-order chi connectivity index (χ0) is 20.2. The van der Waals surface area contributed by atoms with Crippen molar-refractivity contribution in [3.63, 3.8) is 0 Å². The molecular formula is C21H27ClN6O. The molecule has 1 unspecified atom stereocenters. The number of halogens is 1. The van der Waals surface area contributed by atoms with Crippen LogP contribution < -0.4 is 4.90 Å². The number of anilines is 1. The molecule has 0 bridgehead atoms. The van der Waals surface area contributed by atoms with E-state index in [9.17, 15) is 0 Å². The number of benzene rings is 1. The highest BCUT2D eigenvalue weighted by Gasteiger charge is 2.29. The van der Waals surface area contributed by atoms with Gasteiger partial charge in [0.1, 0.15) is 5.82 Å². The van der Waals surface area contributed by atoms with E-state index in [2.05, 4.69) is 22.1 Å². The van der Waals surface area contributed by atoms with Gasteiger partial charge in [-0.1, -0.05) is 48.4 Å². The Morgan fingerprint density at radius 1 is 1.24 bits per heavy atom. The van der Waals surface area contributed by atoms with Gasteiger partial charge in [-0.2, -0.15) is 0 Å². The first-order valence-corrected chi connectivity index (χ1v) is 10.7. The molecule has 0 spiro atoms. The van der Waals surface area contributed by atoms with Crippen LogP contribution in [-0.4, -0.2) is 51.3 Å². The monoisotopic (exact) mass is 414 g/mol. The van der Waals surface area contributed by atoms with E-state index in [-0.39, 0.29) is 0 Å². The third-order valence-corrected chi connectivity index (χ3v) is 5.80. The van der Waals surface area contributed by atoms with Gasteiger partial charge in [0.25, 0.3) is 0 Å². The third-order valence-electron chi connectivity index (χ3n) is 5.43. The average Bonchev–Trinajstić information content (AvgIpc) is 3.35. The van der Waals surface area contributed by atoms with E-state index >= 15 is 0 Å². The molecule has 1 atom stereocenters. The maximum absolute atomic E-state index is 6.36. The number of nitrogens with zero attached hydrogens (tertiary/aromatic N) is 6. The normalized spacial score (nSPS) is 16.8. The molecule has 0 radical (unpaired) electrons. The molecule has 4 rings (SSSR count). The summed E-state index contributed by atoms with van der Waals surface area (Å²) in [5, 5.41) is 9.59. The van der Waals surface area contributed by atoms with Gasteiger partial charge in [0.05, 0.1) is 19.2 Å². The molecule has 7 nitrogen and oxygen atoms in total. The maximum Gasteiger partial charge on any atom is 0.184 e. The van der Waals surface area contributed by atoms with Crippen molar-refractivity contribution in [3.8, 4) is 0 Å². The Morgan fingerprint density at radius 2 is 2.10 bits per heavy atom. The fourth-order valence-corrected chi connectivity index (χ4v) is 4.10. The summed E-state index contributed by atoms with van der Waals surface area (Å²) < 4.78 is 7.27. The molecule has 1 saturated heterocycles. The van der Waals surface area contributed by atoms with Gasteiger partial charge in [-0.3, -0.25) is 0 Å². The highest BCUT2D eigenvalue weighted by molar-refractivity contribution is 6.31. The van der Waals surface area contributed by atoms with E-state index in [1.54, 1.807) is 7.11 Å². The van der Waals surface area contributed by atoms with Crippen molar-refractivity contribution in [2.24, 2.45) is 0 Å². The summed E-state index contributed by atoms with van der Waals surface area (Å²) in [6, 6.07) is 8.11. The van der Waals surface area contributed by atoms with Gasteiger partial charge in [-0.25, -0.2) is 14.6 Å². The number of methoxy groups -OCH3 is 1. The summed E-state index contributed by atoms with van der Waals surface area (Å²) in [7, 11) is 1.75. The largest absolute Gasteiger partial charge is 0.383 e. The predicted octanol–water partition coefficient (Wildman–Crippen LogP) is 3.88. The van der Waals surface area contributed by atoms with E-state index in [0.29, 0.717) is 19.2 Å². The van der Waals surface area contributed by atoms with Gasteiger partial charge in [0.15, 0.2) is 17.0 Å². The lowest BCUT2D eigenvalue weighted by Gasteiger charge is -2.25. The van der Waals surface area contributed by atoms with Gasteiger partial charge >= 0.3 is 0 Å². The van der Waals surface area contributed by atoms with E-state index < -0.39 is 0 Å². The number of aromatic nitrogens is 5. The van der Waals surface area contributed by atoms with Crippen molar-refractivity contribution >= 4 is 28.6 Å². The van der Waals surface area contributed by atoms with Crippen LogP contribution in [0.1, 0.15) is 44.0 Å². The molecule has 3 aromatic rings. The molecule has 0 amide bonds. The molecule has 1 aromatic carbocycles. The smallest absolute Gasteiger partial charge is 0.184 e. The first-order valence-electron chi connectivity index (χ1n) is 10.3. The standard InChI is InChI=1S/C21H27ClN6O/c1-3-4-11-18-23-20(27-12-7-9-16(27)14-29-2)19-21(24-18)28(26-25-19)13-15-8-5-6-10-17(15)22/h5-6,8,10,16H,3-4,7,9,11-14H2,1-2H3. The molecule has 29 heavy (non-hydrogen) atoms. The van der Waals surface area contributed by atoms with Gasteiger partial charge in [-0.05, 0) is 30.9 Å². The summed E-state index contributed by atoms with van der Waals surface area (Å²) >= 11 is 6.36. The first-order chi connectivity index (χ1) is 14.2. The molecule has 2 aromatic heterocycles. The highest BCUT2D eigenvalue weighted by atomic mass is 35.5. The van der Waals surface area contributed by atoms with Crippen molar-refractivity contribution < 1.29 is 4.74 Å². The minimum atomic E-state index is 0.311. The van der Waals surface area contributed by atoms with Gasteiger partial charge in [0.2, 0.25) is 0 Å². The van der Waals surface area contributed by atoms with E-state index in [4.69, 9.17) is 26.3 Å². The first kappa shape index (κ1) is 20.0. The third kappa shape index (κ3) is 4.21. The van der Waals surface area contributed by atoms with Crippen molar-refractivity contribution in [1.82, 2.24) is 25.0 Å². The van der Waals surface area contributed by atoms with Crippen LogP contribution in [0.4, 0.5) is 5.82 Å². The van der Waals surface area contributed by atoms with Gasteiger partial charge < -0.3 is 9.64 Å². The highest BCUT2D eigenvalue weighted by Crippen LogP contribution is 2.30. The number of hydrogen-bond donors (Lipinski definition) is 0. The minimum absolute atomic E-state index is 0.311. The average molecular weight is 415 g/mol. The molecule has 1 aliphatic rings. The summed E-state index contributed by atoms with van der Waals surface area (Å²) in [6.45, 7) is 4.34. The minimum Gasteiger partial charge on any atom is -0.383 e. The van der Waals surface area contributed by atoms with Crippen LogP contribution >= 0.6 is 11.6 Å². The molecule has 0 saturated carbocycles. The van der Waals surface area contributed by atoms with Crippen molar-refractivity contribution in [1.29, 1.82) is 0 Å². The van der Waals surface area contributed by atoms with Crippen LogP contribution in [0.5, 0.6) is 0 Å². The second kappa shape index (κ2) is 9.05. The maximum atomic E-state index is 6.36. The van der Waals surface area contributed by atoms with E-state index in [1.165, 1.54) is 0 Å². The lowest BCUT2D eigenvalue weighted by atomic mass is 10.2. The van der Waals surface area contributed by atoms with Gasteiger partial charge in [-0.15, -0.1) is 5.10 Å². The molecule has 1 fully saturated rings. The number of unbranched alkanes of at least 4 members (excludes halogenated alkanes) is 1. The Bertz CT molecular complexity index is 975. The second-order valence-electron chi connectivity index (χ2n) is 7.52. The second-order valence-corrected chi connectivity index (χ2v) is 7.93. The summed E-state index contributed by atoms with van der Waals surface area (Å²) in [5.74, 6) is 1.73. The molecule has 3 heterocycles. The van der Waals surface area contributed by atoms with Crippen LogP contribution in [0, 0.1) is 0 Å². The van der Waals surface area contributed by atoms with Crippen LogP contribution in [0.25, 0.3) is 11.2 Å². The summed E-state index contributed by atoms with van der Waals surface area (Å²) in [5.41, 5.74) is 2.51. The van der Waals surface area contributed by atoms with Crippen molar-refractivity contribution in [3.05, 3.63) is 40.7 Å². The summed E-state index contributed by atoms with van der Waals surface area (Å²) in [4.78, 5) is 12.1. The Hall–Kier alpha value is -2.25. The zero-order valence-corrected chi connectivity index (χ0v) is 17.8. The lowest BCUT2D eigenvalue weighted by Crippen LogP contribution is -2.34. The summed E-state index contributed by atoms with van der Waals surface area (Å²) in [6.07, 6.45) is 5.22. The molecule has 154 valence electrons. The lowest BCUT2D eigenvalue weighted by molar-refractivity contribution is 0.180. The van der Waals surface area contributed by atoms with E-state index in [0.717, 1.165) is 72.0 Å². The van der Waals surface area contributed by atoms with Crippen LogP contribution in [0.15, 0.2) is 24.3 Å². The number of aryl methyl sites for hydroxylation is 1. The van der Waals surface area contributed by atoms with E-state index in [1.807, 2.05) is 28.9 Å². The van der Waals surface area contributed by atoms with Crippen LogP contribution in [-0.2, 0) is 17.7 Å². The van der Waals surface area contributed by atoms with Crippen LogP contribution in [0.3, 0.4) is 0 Å². The molecule has 0 N–H and O–H groups in total. The molecular weight excluding hydrogens is 388 g/mol. The Morgan fingerprint density at radius 3 is 2.90 bits per heavy atom. The number of ether oxygens (including phenoxy) is 1. The number of hydrogen-bond acceptors (Lipinski definition) is 6. The Kier molecular flexibility index (Phi) is 6.25. The number of rotatable bonds is 8. The molecule has 8 heteroatoms. The SMILES string of the molecule is CCCCc1nc(N2CCCC2COC)c2nnn(Cc3ccccc3Cl)c2n1. The fourth-order valence-electron chi connectivity index (χ4n) is 3.91. The Balaban J connectivity index is 1.76.